The number of hydrogen-bond acceptors (Lipinski definition) is 4. The van der Waals surface area contributed by atoms with Gasteiger partial charge in [0.05, 0.1) is 12.1 Å². The zero-order valence-electron chi connectivity index (χ0n) is 20.2. The van der Waals surface area contributed by atoms with E-state index >= 15 is 0 Å². The third-order valence-corrected chi connectivity index (χ3v) is 7.83. The highest BCUT2D eigenvalue weighted by atomic mass is 16.7. The molecule has 0 spiro atoms. The normalized spacial score (nSPS) is 17.9. The van der Waals surface area contributed by atoms with Crippen molar-refractivity contribution in [1.82, 2.24) is 4.98 Å². The van der Waals surface area contributed by atoms with Crippen LogP contribution in [0.4, 0.5) is 4.79 Å². The van der Waals surface area contributed by atoms with Crippen LogP contribution >= 0.6 is 0 Å². The highest BCUT2D eigenvalue weighted by molar-refractivity contribution is 5.98. The number of aromatic nitrogens is 1. The molecule has 0 radical (unpaired) electrons. The lowest BCUT2D eigenvalue weighted by molar-refractivity contribution is 0.142. The van der Waals surface area contributed by atoms with Crippen LogP contribution in [0.3, 0.4) is 0 Å². The molecule has 6 heteroatoms. The molecule has 1 fully saturated rings. The third kappa shape index (κ3) is 3.77. The first-order valence-corrected chi connectivity index (χ1v) is 12.6. The lowest BCUT2D eigenvalue weighted by Crippen LogP contribution is -2.07. The Morgan fingerprint density at radius 1 is 1.00 bits per heavy atom. The standard InChI is InChI=1S/C30H29NO5/c1-17-6-2-3-7-20(17)21-8-4-9-22-23(29(31-28(21)22)36-30(33)34)10-5-15-35-25-14-13-24(32)26-18-11-12-19(16-18)27(25)26/h2-4,6-9,13-14,18-19,31-32H,5,10-12,15-16H2,1H3,(H,33,34)/t18-,19+/m1/s1. The molecule has 0 aliphatic heterocycles. The van der Waals surface area contributed by atoms with E-state index in [0.717, 1.165) is 63.7 Å². The third-order valence-electron chi connectivity index (χ3n) is 7.83. The Kier molecular flexibility index (Phi) is 5.59. The summed E-state index contributed by atoms with van der Waals surface area (Å²) < 4.78 is 11.4. The monoisotopic (exact) mass is 483 g/mol. The van der Waals surface area contributed by atoms with Gasteiger partial charge >= 0.3 is 6.16 Å². The molecule has 3 aromatic carbocycles. The highest BCUT2D eigenvalue weighted by Crippen LogP contribution is 2.58. The highest BCUT2D eigenvalue weighted by Gasteiger charge is 2.40. The molecule has 2 aliphatic carbocycles. The number of carboxylic acid groups (broad SMARTS) is 1. The summed E-state index contributed by atoms with van der Waals surface area (Å²) >= 11 is 0. The number of phenols is 1. The van der Waals surface area contributed by atoms with E-state index in [1.54, 1.807) is 6.07 Å². The molecule has 0 unspecified atom stereocenters. The first kappa shape index (κ1) is 22.5. The van der Waals surface area contributed by atoms with E-state index in [1.807, 2.05) is 36.4 Å². The van der Waals surface area contributed by atoms with E-state index in [9.17, 15) is 15.0 Å². The van der Waals surface area contributed by atoms with Crippen LogP contribution in [0.5, 0.6) is 17.4 Å². The first-order valence-electron chi connectivity index (χ1n) is 12.6. The minimum atomic E-state index is -1.34. The largest absolute Gasteiger partial charge is 0.512 e. The number of aryl methyl sites for hydroxylation is 2. The van der Waals surface area contributed by atoms with Gasteiger partial charge < -0.3 is 24.7 Å². The van der Waals surface area contributed by atoms with Gasteiger partial charge in [0.2, 0.25) is 5.88 Å². The van der Waals surface area contributed by atoms with E-state index in [1.165, 1.54) is 5.56 Å². The topological polar surface area (TPSA) is 91.8 Å². The maximum atomic E-state index is 11.4. The minimum Gasteiger partial charge on any atom is -0.508 e. The second-order valence-electron chi connectivity index (χ2n) is 9.91. The number of carbonyl (C=O) groups is 1. The summed E-state index contributed by atoms with van der Waals surface area (Å²) in [5, 5.41) is 20.7. The number of phenolic OH excluding ortho intramolecular Hbond substituents is 1. The molecule has 36 heavy (non-hydrogen) atoms. The number of aromatic amines is 1. The molecule has 1 saturated carbocycles. The smallest absolute Gasteiger partial charge is 0.508 e. The van der Waals surface area contributed by atoms with Crippen molar-refractivity contribution in [2.24, 2.45) is 0 Å². The van der Waals surface area contributed by atoms with Crippen LogP contribution in [0.25, 0.3) is 22.0 Å². The molecule has 2 bridgehead atoms. The summed E-state index contributed by atoms with van der Waals surface area (Å²) in [5.41, 5.74) is 7.23. The Morgan fingerprint density at radius 3 is 2.58 bits per heavy atom. The summed E-state index contributed by atoms with van der Waals surface area (Å²) in [5.74, 6) is 2.47. The second kappa shape index (κ2) is 8.94. The minimum absolute atomic E-state index is 0.265. The molecular formula is C30H29NO5. The van der Waals surface area contributed by atoms with Crippen LogP contribution in [0.2, 0.25) is 0 Å². The van der Waals surface area contributed by atoms with Crippen LogP contribution < -0.4 is 9.47 Å². The fraction of sp³-hybridized carbons (Fsp3) is 0.300. The number of H-pyrrole nitrogens is 1. The number of hydrogen-bond donors (Lipinski definition) is 3. The van der Waals surface area contributed by atoms with Crippen molar-refractivity contribution in [2.45, 2.75) is 50.9 Å². The van der Waals surface area contributed by atoms with Gasteiger partial charge in [-0.15, -0.1) is 0 Å². The first-order chi connectivity index (χ1) is 17.5. The SMILES string of the molecule is Cc1ccccc1-c1cccc2c(CCCOc3ccc(O)c4c3[C@H]3CC[C@@H]4C3)c(OC(=O)O)[nH]c12. The Hall–Kier alpha value is -3.93. The van der Waals surface area contributed by atoms with E-state index < -0.39 is 6.16 Å². The number of rotatable bonds is 7. The van der Waals surface area contributed by atoms with Gasteiger partial charge in [-0.05, 0) is 74.1 Å². The maximum Gasteiger partial charge on any atom is 0.512 e. The molecule has 184 valence electrons. The molecule has 3 N–H and O–H groups in total. The molecule has 6 nitrogen and oxygen atoms in total. The average molecular weight is 484 g/mol. The molecule has 0 saturated heterocycles. The van der Waals surface area contributed by atoms with Gasteiger partial charge in [0, 0.05) is 27.6 Å². The Bertz CT molecular complexity index is 1470. The van der Waals surface area contributed by atoms with Gasteiger partial charge in [-0.25, -0.2) is 4.79 Å². The number of para-hydroxylation sites is 1. The molecule has 6 rings (SSSR count). The summed E-state index contributed by atoms with van der Waals surface area (Å²) in [4.78, 5) is 14.7. The molecule has 1 heterocycles. The quantitative estimate of drug-likeness (QED) is 0.190. The van der Waals surface area contributed by atoms with Crippen molar-refractivity contribution in [3.8, 4) is 28.5 Å². The van der Waals surface area contributed by atoms with Gasteiger partial charge in [0.15, 0.2) is 0 Å². The zero-order valence-corrected chi connectivity index (χ0v) is 20.2. The lowest BCUT2D eigenvalue weighted by atomic mass is 9.90. The lowest BCUT2D eigenvalue weighted by Gasteiger charge is -2.20. The second-order valence-corrected chi connectivity index (χ2v) is 9.91. The van der Waals surface area contributed by atoms with Crippen LogP contribution in [0.15, 0.2) is 54.6 Å². The fourth-order valence-corrected chi connectivity index (χ4v) is 6.29. The fourth-order valence-electron chi connectivity index (χ4n) is 6.29. The summed E-state index contributed by atoms with van der Waals surface area (Å²) in [6, 6.07) is 17.8. The zero-order chi connectivity index (χ0) is 24.8. The van der Waals surface area contributed by atoms with Crippen molar-refractivity contribution in [3.63, 3.8) is 0 Å². The number of benzene rings is 3. The van der Waals surface area contributed by atoms with E-state index in [4.69, 9.17) is 9.47 Å². The maximum absolute atomic E-state index is 11.4. The van der Waals surface area contributed by atoms with Gasteiger partial charge in [0.25, 0.3) is 0 Å². The van der Waals surface area contributed by atoms with Crippen molar-refractivity contribution >= 4 is 17.1 Å². The van der Waals surface area contributed by atoms with E-state index in [2.05, 4.69) is 24.0 Å². The van der Waals surface area contributed by atoms with Crippen LogP contribution in [-0.2, 0) is 6.42 Å². The predicted octanol–water partition coefficient (Wildman–Crippen LogP) is 7.28. The van der Waals surface area contributed by atoms with Crippen molar-refractivity contribution < 1.29 is 24.5 Å². The Morgan fingerprint density at radius 2 is 1.78 bits per heavy atom. The van der Waals surface area contributed by atoms with E-state index in [-0.39, 0.29) is 5.88 Å². The number of aromatic hydroxyl groups is 1. The van der Waals surface area contributed by atoms with Crippen molar-refractivity contribution in [3.05, 3.63) is 76.9 Å². The van der Waals surface area contributed by atoms with E-state index in [0.29, 0.717) is 37.0 Å². The molecule has 4 aromatic rings. The molecule has 1 aromatic heterocycles. The van der Waals surface area contributed by atoms with Gasteiger partial charge in [0.1, 0.15) is 11.5 Å². The summed E-state index contributed by atoms with van der Waals surface area (Å²) in [6.45, 7) is 2.56. The number of ether oxygens (including phenoxy) is 2. The number of fused-ring (bicyclic) bond motifs is 6. The van der Waals surface area contributed by atoms with Gasteiger partial charge in [-0.1, -0.05) is 42.5 Å². The van der Waals surface area contributed by atoms with Crippen LogP contribution in [0.1, 0.15) is 59.8 Å². The predicted molar refractivity (Wildman–Crippen MR) is 138 cm³/mol. The summed E-state index contributed by atoms with van der Waals surface area (Å²) in [6.07, 6.45) is 3.37. The number of nitrogens with one attached hydrogen (secondary N) is 1. The molecule has 2 atom stereocenters. The molecule has 2 aliphatic rings. The summed E-state index contributed by atoms with van der Waals surface area (Å²) in [7, 11) is 0. The van der Waals surface area contributed by atoms with Gasteiger partial charge in [-0.3, -0.25) is 0 Å². The average Bonchev–Trinajstić information content (AvgIpc) is 3.57. The Balaban J connectivity index is 1.26. The van der Waals surface area contributed by atoms with Crippen LogP contribution in [0, 0.1) is 6.92 Å². The molecule has 0 amide bonds. The van der Waals surface area contributed by atoms with Crippen LogP contribution in [-0.4, -0.2) is 28.0 Å². The Labute approximate surface area is 209 Å². The van der Waals surface area contributed by atoms with Crippen molar-refractivity contribution in [2.75, 3.05) is 6.61 Å². The van der Waals surface area contributed by atoms with Gasteiger partial charge in [-0.2, -0.15) is 0 Å². The molecular weight excluding hydrogens is 454 g/mol. The van der Waals surface area contributed by atoms with Crippen molar-refractivity contribution in [1.29, 1.82) is 0 Å².